The van der Waals surface area contributed by atoms with Gasteiger partial charge in [-0.15, -0.1) is 24.0 Å². The molecule has 0 bridgehead atoms. The number of guanidine groups is 1. The second kappa shape index (κ2) is 7.58. The van der Waals surface area contributed by atoms with Gasteiger partial charge in [0.05, 0.1) is 6.26 Å². The predicted molar refractivity (Wildman–Crippen MR) is 79.7 cm³/mol. The number of aliphatic imine (C=N–C) groups is 1. The SMILES string of the molecule is CCNC(=NCc1ccco1)N1CCCC1.I. The summed E-state index contributed by atoms with van der Waals surface area (Å²) < 4.78 is 5.27. The van der Waals surface area contributed by atoms with Crippen molar-refractivity contribution in [2.24, 2.45) is 4.99 Å². The van der Waals surface area contributed by atoms with Crippen LogP contribution in [-0.4, -0.2) is 30.5 Å². The number of hydrogen-bond acceptors (Lipinski definition) is 2. The molecule has 1 aliphatic heterocycles. The van der Waals surface area contributed by atoms with Gasteiger partial charge < -0.3 is 14.6 Å². The van der Waals surface area contributed by atoms with Gasteiger partial charge in [-0.3, -0.25) is 0 Å². The number of nitrogens with one attached hydrogen (secondary N) is 1. The molecule has 0 atom stereocenters. The van der Waals surface area contributed by atoms with Crippen LogP contribution in [0.2, 0.25) is 0 Å². The van der Waals surface area contributed by atoms with E-state index < -0.39 is 0 Å². The summed E-state index contributed by atoms with van der Waals surface area (Å²) in [4.78, 5) is 6.89. The number of likely N-dealkylation sites (tertiary alicyclic amines) is 1. The highest BCUT2D eigenvalue weighted by atomic mass is 127. The van der Waals surface area contributed by atoms with Gasteiger partial charge in [0.15, 0.2) is 5.96 Å². The monoisotopic (exact) mass is 349 g/mol. The van der Waals surface area contributed by atoms with E-state index >= 15 is 0 Å². The highest BCUT2D eigenvalue weighted by molar-refractivity contribution is 14.0. The first kappa shape index (κ1) is 14.3. The van der Waals surface area contributed by atoms with Gasteiger partial charge in [0, 0.05) is 19.6 Å². The van der Waals surface area contributed by atoms with Gasteiger partial charge in [-0.25, -0.2) is 4.99 Å². The molecule has 96 valence electrons. The normalized spacial score (nSPS) is 15.8. The molecule has 1 aliphatic rings. The average Bonchev–Trinajstić information content (AvgIpc) is 2.96. The summed E-state index contributed by atoms with van der Waals surface area (Å²) in [6.07, 6.45) is 4.23. The minimum absolute atomic E-state index is 0. The van der Waals surface area contributed by atoms with E-state index in [9.17, 15) is 0 Å². The number of rotatable bonds is 3. The molecule has 0 spiro atoms. The molecule has 2 heterocycles. The molecular formula is C12H20IN3O. The molecule has 4 nitrogen and oxygen atoms in total. The maximum atomic E-state index is 5.27. The van der Waals surface area contributed by atoms with Crippen LogP contribution >= 0.6 is 24.0 Å². The first-order valence-corrected chi connectivity index (χ1v) is 5.96. The lowest BCUT2D eigenvalue weighted by atomic mass is 10.4. The summed E-state index contributed by atoms with van der Waals surface area (Å²) in [6, 6.07) is 3.85. The van der Waals surface area contributed by atoms with Gasteiger partial charge in [0.2, 0.25) is 0 Å². The third kappa shape index (κ3) is 4.22. The Bertz CT molecular complexity index is 332. The van der Waals surface area contributed by atoms with Crippen molar-refractivity contribution in [1.29, 1.82) is 0 Å². The molecule has 1 fully saturated rings. The van der Waals surface area contributed by atoms with E-state index in [1.807, 2.05) is 12.1 Å². The van der Waals surface area contributed by atoms with E-state index in [1.165, 1.54) is 12.8 Å². The molecule has 1 saturated heterocycles. The zero-order valence-corrected chi connectivity index (χ0v) is 12.5. The van der Waals surface area contributed by atoms with Gasteiger partial charge in [-0.05, 0) is 31.9 Å². The largest absolute Gasteiger partial charge is 0.467 e. The second-order valence-corrected chi connectivity index (χ2v) is 3.94. The molecule has 1 aromatic heterocycles. The molecular weight excluding hydrogens is 329 g/mol. The van der Waals surface area contributed by atoms with E-state index in [-0.39, 0.29) is 24.0 Å². The van der Waals surface area contributed by atoms with Crippen molar-refractivity contribution in [3.63, 3.8) is 0 Å². The van der Waals surface area contributed by atoms with Gasteiger partial charge in [-0.2, -0.15) is 0 Å². The Balaban J connectivity index is 0.00000144. The molecule has 0 aromatic carbocycles. The summed E-state index contributed by atoms with van der Waals surface area (Å²) >= 11 is 0. The maximum Gasteiger partial charge on any atom is 0.194 e. The van der Waals surface area contributed by atoms with E-state index in [2.05, 4.69) is 22.1 Å². The fraction of sp³-hybridized carbons (Fsp3) is 0.583. The number of furan rings is 1. The van der Waals surface area contributed by atoms with Crippen molar-refractivity contribution >= 4 is 29.9 Å². The highest BCUT2D eigenvalue weighted by Crippen LogP contribution is 2.08. The summed E-state index contributed by atoms with van der Waals surface area (Å²) in [7, 11) is 0. The topological polar surface area (TPSA) is 40.8 Å². The summed E-state index contributed by atoms with van der Waals surface area (Å²) in [5.41, 5.74) is 0. The van der Waals surface area contributed by atoms with Crippen LogP contribution in [0.4, 0.5) is 0 Å². The molecule has 0 amide bonds. The summed E-state index contributed by atoms with van der Waals surface area (Å²) in [6.45, 7) is 5.85. The molecule has 1 N–H and O–H groups in total. The summed E-state index contributed by atoms with van der Waals surface area (Å²) in [5, 5.41) is 3.32. The van der Waals surface area contributed by atoms with Crippen LogP contribution in [0.25, 0.3) is 0 Å². The van der Waals surface area contributed by atoms with Crippen LogP contribution in [0.3, 0.4) is 0 Å². The molecule has 2 rings (SSSR count). The fourth-order valence-corrected chi connectivity index (χ4v) is 1.91. The maximum absolute atomic E-state index is 5.27. The fourth-order valence-electron chi connectivity index (χ4n) is 1.91. The molecule has 0 saturated carbocycles. The van der Waals surface area contributed by atoms with Gasteiger partial charge >= 0.3 is 0 Å². The van der Waals surface area contributed by atoms with Crippen LogP contribution in [-0.2, 0) is 6.54 Å². The van der Waals surface area contributed by atoms with E-state index in [4.69, 9.17) is 4.42 Å². The van der Waals surface area contributed by atoms with E-state index in [0.29, 0.717) is 6.54 Å². The zero-order chi connectivity index (χ0) is 11.2. The van der Waals surface area contributed by atoms with Crippen LogP contribution < -0.4 is 5.32 Å². The molecule has 1 aromatic rings. The lowest BCUT2D eigenvalue weighted by Gasteiger charge is -2.20. The molecule has 0 aliphatic carbocycles. The minimum Gasteiger partial charge on any atom is -0.467 e. The Morgan fingerprint density at radius 2 is 2.24 bits per heavy atom. The van der Waals surface area contributed by atoms with Crippen molar-refractivity contribution in [2.75, 3.05) is 19.6 Å². The molecule has 0 radical (unpaired) electrons. The second-order valence-electron chi connectivity index (χ2n) is 3.94. The standard InChI is InChI=1S/C12H19N3O.HI/c1-2-13-12(15-7-3-4-8-15)14-10-11-6-5-9-16-11;/h5-6,9H,2-4,7-8,10H2,1H3,(H,13,14);1H. The average molecular weight is 349 g/mol. The number of halogens is 1. The Labute approximate surface area is 119 Å². The predicted octanol–water partition coefficient (Wildman–Crippen LogP) is 2.46. The van der Waals surface area contributed by atoms with Crippen molar-refractivity contribution < 1.29 is 4.42 Å². The van der Waals surface area contributed by atoms with Crippen molar-refractivity contribution in [3.8, 4) is 0 Å². The van der Waals surface area contributed by atoms with Crippen molar-refractivity contribution in [3.05, 3.63) is 24.2 Å². The Kier molecular flexibility index (Phi) is 6.39. The minimum atomic E-state index is 0. The Morgan fingerprint density at radius 1 is 1.47 bits per heavy atom. The molecule has 5 heteroatoms. The van der Waals surface area contributed by atoms with Crippen molar-refractivity contribution in [1.82, 2.24) is 10.2 Å². The lowest BCUT2D eigenvalue weighted by molar-refractivity contribution is 0.483. The van der Waals surface area contributed by atoms with Crippen LogP contribution in [0, 0.1) is 0 Å². The smallest absolute Gasteiger partial charge is 0.194 e. The first-order valence-electron chi connectivity index (χ1n) is 5.96. The van der Waals surface area contributed by atoms with Crippen LogP contribution in [0.5, 0.6) is 0 Å². The van der Waals surface area contributed by atoms with Gasteiger partial charge in [0.25, 0.3) is 0 Å². The first-order chi connectivity index (χ1) is 7.90. The third-order valence-corrected chi connectivity index (χ3v) is 2.71. The lowest BCUT2D eigenvalue weighted by Crippen LogP contribution is -2.39. The van der Waals surface area contributed by atoms with E-state index in [1.54, 1.807) is 6.26 Å². The van der Waals surface area contributed by atoms with Crippen molar-refractivity contribution in [2.45, 2.75) is 26.3 Å². The quantitative estimate of drug-likeness (QED) is 0.518. The van der Waals surface area contributed by atoms with E-state index in [0.717, 1.165) is 31.4 Å². The molecule has 0 unspecified atom stereocenters. The van der Waals surface area contributed by atoms with Crippen LogP contribution in [0.1, 0.15) is 25.5 Å². The highest BCUT2D eigenvalue weighted by Gasteiger charge is 2.15. The summed E-state index contributed by atoms with van der Waals surface area (Å²) in [5.74, 6) is 1.92. The molecule has 17 heavy (non-hydrogen) atoms. The Hall–Kier alpha value is -0.720. The zero-order valence-electron chi connectivity index (χ0n) is 10.2. The Morgan fingerprint density at radius 3 is 2.82 bits per heavy atom. The van der Waals surface area contributed by atoms with Crippen LogP contribution in [0.15, 0.2) is 27.8 Å². The number of nitrogens with zero attached hydrogens (tertiary/aromatic N) is 2. The third-order valence-electron chi connectivity index (χ3n) is 2.71. The number of hydrogen-bond donors (Lipinski definition) is 1. The van der Waals surface area contributed by atoms with Gasteiger partial charge in [0.1, 0.15) is 12.3 Å². The van der Waals surface area contributed by atoms with Gasteiger partial charge in [-0.1, -0.05) is 0 Å².